The smallest absolute Gasteiger partial charge is 0.205 e. The van der Waals surface area contributed by atoms with E-state index in [2.05, 4.69) is 20.6 Å². The van der Waals surface area contributed by atoms with Gasteiger partial charge in [-0.3, -0.25) is 0 Å². The van der Waals surface area contributed by atoms with E-state index in [1.165, 1.54) is 32.1 Å². The zero-order valence-electron chi connectivity index (χ0n) is 9.68. The maximum Gasteiger partial charge on any atom is 0.205 e. The summed E-state index contributed by atoms with van der Waals surface area (Å²) >= 11 is 0. The highest BCUT2D eigenvalue weighted by atomic mass is 15.3. The molecule has 0 aromatic carbocycles. The van der Waals surface area contributed by atoms with E-state index in [1.807, 2.05) is 6.20 Å². The van der Waals surface area contributed by atoms with Gasteiger partial charge in [-0.2, -0.15) is 0 Å². The average molecular weight is 220 g/mol. The van der Waals surface area contributed by atoms with E-state index >= 15 is 0 Å². The molecule has 1 aliphatic carbocycles. The normalized spacial score (nSPS) is 26.1. The van der Waals surface area contributed by atoms with Crippen molar-refractivity contribution in [3.8, 4) is 0 Å². The molecule has 1 saturated heterocycles. The van der Waals surface area contributed by atoms with Crippen molar-refractivity contribution in [1.29, 1.82) is 0 Å². The predicted molar refractivity (Wildman–Crippen MR) is 64.5 cm³/mol. The second-order valence-corrected chi connectivity index (χ2v) is 4.94. The topological polar surface area (TPSA) is 47.1 Å². The molecule has 88 valence electrons. The molecule has 2 aliphatic rings. The first-order chi connectivity index (χ1) is 7.90. The molecular formula is C12H20N4. The number of hydrogen-bond acceptors (Lipinski definition) is 3. The van der Waals surface area contributed by atoms with Crippen LogP contribution in [0.25, 0.3) is 0 Å². The minimum absolute atomic E-state index is 0.494. The summed E-state index contributed by atoms with van der Waals surface area (Å²) in [6.45, 7) is 1.86. The van der Waals surface area contributed by atoms with E-state index in [4.69, 9.17) is 5.73 Å². The molecule has 1 saturated carbocycles. The Labute approximate surface area is 96.4 Å². The fourth-order valence-electron chi connectivity index (χ4n) is 2.67. The Morgan fingerprint density at radius 2 is 2.19 bits per heavy atom. The Hall–Kier alpha value is -1.03. The summed E-state index contributed by atoms with van der Waals surface area (Å²) in [5, 5.41) is 0. The fourth-order valence-corrected chi connectivity index (χ4v) is 2.67. The lowest BCUT2D eigenvalue weighted by Gasteiger charge is -2.36. The number of hydrogen-bond donors (Lipinski definition) is 1. The molecule has 0 spiro atoms. The van der Waals surface area contributed by atoms with Gasteiger partial charge in [-0.15, -0.1) is 0 Å². The molecule has 1 aromatic heterocycles. The van der Waals surface area contributed by atoms with Crippen molar-refractivity contribution in [2.75, 3.05) is 18.0 Å². The Morgan fingerprint density at radius 3 is 2.94 bits per heavy atom. The van der Waals surface area contributed by atoms with E-state index in [9.17, 15) is 0 Å². The lowest BCUT2D eigenvalue weighted by Crippen LogP contribution is -2.45. The van der Waals surface area contributed by atoms with Gasteiger partial charge in [0.25, 0.3) is 0 Å². The Kier molecular flexibility index (Phi) is 2.59. The van der Waals surface area contributed by atoms with E-state index in [0.717, 1.165) is 19.0 Å². The predicted octanol–water partition coefficient (Wildman–Crippen LogP) is 1.54. The van der Waals surface area contributed by atoms with Crippen molar-refractivity contribution in [2.24, 2.45) is 5.73 Å². The van der Waals surface area contributed by atoms with Crippen LogP contribution in [0.1, 0.15) is 38.1 Å². The summed E-state index contributed by atoms with van der Waals surface area (Å²) in [7, 11) is 0. The third-order valence-electron chi connectivity index (χ3n) is 3.74. The van der Waals surface area contributed by atoms with Crippen LogP contribution in [0.3, 0.4) is 0 Å². The second kappa shape index (κ2) is 4.09. The first-order valence-corrected chi connectivity index (χ1v) is 6.39. The Morgan fingerprint density at radius 1 is 1.31 bits per heavy atom. The van der Waals surface area contributed by atoms with Gasteiger partial charge < -0.3 is 15.2 Å². The molecule has 4 nitrogen and oxygen atoms in total. The van der Waals surface area contributed by atoms with Crippen LogP contribution in [0.4, 0.5) is 5.95 Å². The number of aromatic nitrogens is 2. The van der Waals surface area contributed by atoms with Gasteiger partial charge in [0.05, 0.1) is 0 Å². The van der Waals surface area contributed by atoms with Gasteiger partial charge in [-0.25, -0.2) is 4.98 Å². The molecule has 1 atom stereocenters. The first-order valence-electron chi connectivity index (χ1n) is 6.39. The van der Waals surface area contributed by atoms with E-state index in [0.29, 0.717) is 12.1 Å². The van der Waals surface area contributed by atoms with Crippen LogP contribution in [-0.4, -0.2) is 28.7 Å². The quantitative estimate of drug-likeness (QED) is 0.840. The van der Waals surface area contributed by atoms with Crippen molar-refractivity contribution >= 4 is 5.95 Å². The van der Waals surface area contributed by atoms with Gasteiger partial charge in [0.1, 0.15) is 0 Å². The zero-order valence-corrected chi connectivity index (χ0v) is 9.68. The van der Waals surface area contributed by atoms with Crippen molar-refractivity contribution in [1.82, 2.24) is 9.55 Å². The van der Waals surface area contributed by atoms with Gasteiger partial charge in [-0.05, 0) is 32.1 Å². The molecule has 0 bridgehead atoms. The molecule has 3 rings (SSSR count). The molecule has 2 fully saturated rings. The fraction of sp³-hybridized carbons (Fsp3) is 0.750. The largest absolute Gasteiger partial charge is 0.338 e. The summed E-state index contributed by atoms with van der Waals surface area (Å²) in [6.07, 6.45) is 10.5. The van der Waals surface area contributed by atoms with Crippen LogP contribution in [0.15, 0.2) is 12.4 Å². The maximum atomic E-state index is 5.86. The molecule has 0 radical (unpaired) electrons. The van der Waals surface area contributed by atoms with Crippen molar-refractivity contribution in [3.05, 3.63) is 12.4 Å². The Balaban J connectivity index is 1.85. The summed E-state index contributed by atoms with van der Waals surface area (Å²) in [6, 6.07) is 1.20. The van der Waals surface area contributed by atoms with Gasteiger partial charge in [0, 0.05) is 37.6 Å². The molecular weight excluding hydrogens is 200 g/mol. The third-order valence-corrected chi connectivity index (χ3v) is 3.74. The van der Waals surface area contributed by atoms with Crippen molar-refractivity contribution in [3.63, 3.8) is 0 Å². The van der Waals surface area contributed by atoms with Gasteiger partial charge in [0.2, 0.25) is 5.95 Å². The molecule has 4 heteroatoms. The Bertz CT molecular complexity index is 356. The maximum absolute atomic E-state index is 5.86. The second-order valence-electron chi connectivity index (χ2n) is 4.94. The van der Waals surface area contributed by atoms with Crippen LogP contribution < -0.4 is 10.6 Å². The molecule has 16 heavy (non-hydrogen) atoms. The SMILES string of the molecule is NCC1CCCCN1c1nccn1C1CC1. The van der Waals surface area contributed by atoms with Crippen molar-refractivity contribution in [2.45, 2.75) is 44.2 Å². The van der Waals surface area contributed by atoms with Crippen LogP contribution in [0, 0.1) is 0 Å². The lowest BCUT2D eigenvalue weighted by molar-refractivity contribution is 0.451. The first kappa shape index (κ1) is 10.1. The minimum atomic E-state index is 0.494. The summed E-state index contributed by atoms with van der Waals surface area (Å²) in [5.74, 6) is 1.15. The summed E-state index contributed by atoms with van der Waals surface area (Å²) < 4.78 is 2.34. The van der Waals surface area contributed by atoms with E-state index in [1.54, 1.807) is 0 Å². The standard InChI is InChI=1S/C12H20N4/c13-9-11-3-1-2-7-15(11)12-14-6-8-16(12)10-4-5-10/h6,8,10-11H,1-5,7,9,13H2. The molecule has 2 heterocycles. The highest BCUT2D eigenvalue weighted by Gasteiger charge is 2.30. The number of anilines is 1. The monoisotopic (exact) mass is 220 g/mol. The van der Waals surface area contributed by atoms with E-state index in [-0.39, 0.29) is 0 Å². The molecule has 1 aromatic rings. The van der Waals surface area contributed by atoms with Crippen molar-refractivity contribution < 1.29 is 0 Å². The average Bonchev–Trinajstić information content (AvgIpc) is 3.07. The number of nitrogens with two attached hydrogens (primary N) is 1. The summed E-state index contributed by atoms with van der Waals surface area (Å²) in [4.78, 5) is 6.95. The van der Waals surface area contributed by atoms with Crippen LogP contribution in [0.2, 0.25) is 0 Å². The van der Waals surface area contributed by atoms with Gasteiger partial charge in [0.15, 0.2) is 0 Å². The highest BCUT2D eigenvalue weighted by Crippen LogP contribution is 2.38. The number of imidazole rings is 1. The highest BCUT2D eigenvalue weighted by molar-refractivity contribution is 5.35. The van der Waals surface area contributed by atoms with Crippen LogP contribution >= 0.6 is 0 Å². The summed E-state index contributed by atoms with van der Waals surface area (Å²) in [5.41, 5.74) is 5.86. The molecule has 0 amide bonds. The van der Waals surface area contributed by atoms with Gasteiger partial charge in [-0.1, -0.05) is 0 Å². The molecule has 1 unspecified atom stereocenters. The minimum Gasteiger partial charge on any atom is -0.338 e. The number of rotatable bonds is 3. The van der Waals surface area contributed by atoms with Gasteiger partial charge >= 0.3 is 0 Å². The third kappa shape index (κ3) is 1.71. The molecule has 1 aliphatic heterocycles. The van der Waals surface area contributed by atoms with Crippen LogP contribution in [0.5, 0.6) is 0 Å². The number of nitrogens with zero attached hydrogens (tertiary/aromatic N) is 3. The lowest BCUT2D eigenvalue weighted by atomic mass is 10.0. The number of piperidine rings is 1. The van der Waals surface area contributed by atoms with E-state index < -0.39 is 0 Å². The van der Waals surface area contributed by atoms with Crippen LogP contribution in [-0.2, 0) is 0 Å². The molecule has 2 N–H and O–H groups in total. The zero-order chi connectivity index (χ0) is 11.0.